The molecule has 2 N–H and O–H groups in total. The van der Waals surface area contributed by atoms with Gasteiger partial charge in [0.25, 0.3) is 0 Å². The van der Waals surface area contributed by atoms with Gasteiger partial charge in [-0.25, -0.2) is 0 Å². The fraction of sp³-hybridized carbons (Fsp3) is 0.235. The normalized spacial score (nSPS) is 17.6. The third kappa shape index (κ3) is 2.89. The smallest absolute Gasteiger partial charge is 0.124 e. The van der Waals surface area contributed by atoms with Crippen molar-refractivity contribution >= 4 is 0 Å². The van der Waals surface area contributed by atoms with Gasteiger partial charge in [-0.2, -0.15) is 5.26 Å². The molecule has 3 rings (SSSR count). The molecule has 0 spiro atoms. The Morgan fingerprint density at radius 2 is 2.00 bits per heavy atom. The molecule has 0 bridgehead atoms. The number of fused-ring (bicyclic) bond motifs is 1. The van der Waals surface area contributed by atoms with Crippen molar-refractivity contribution in [3.8, 4) is 11.8 Å². The van der Waals surface area contributed by atoms with Crippen LogP contribution in [0.1, 0.15) is 28.8 Å². The van der Waals surface area contributed by atoms with Crippen molar-refractivity contribution in [2.24, 2.45) is 0 Å². The van der Waals surface area contributed by atoms with E-state index < -0.39 is 6.10 Å². The number of rotatable bonds is 4. The minimum atomic E-state index is -0.606. The van der Waals surface area contributed by atoms with E-state index in [9.17, 15) is 5.11 Å². The number of ether oxygens (including phenoxy) is 1. The van der Waals surface area contributed by atoms with Crippen LogP contribution in [-0.2, 0) is 0 Å². The Kier molecular flexibility index (Phi) is 3.87. The van der Waals surface area contributed by atoms with Crippen LogP contribution in [0.2, 0.25) is 0 Å². The van der Waals surface area contributed by atoms with Gasteiger partial charge < -0.3 is 15.2 Å². The highest BCUT2D eigenvalue weighted by Gasteiger charge is 2.23. The largest absolute Gasteiger partial charge is 0.491 e. The number of nitrogens with zero attached hydrogens (tertiary/aromatic N) is 1. The van der Waals surface area contributed by atoms with E-state index in [4.69, 9.17) is 10.00 Å². The first-order valence-electron chi connectivity index (χ1n) is 6.91. The fourth-order valence-corrected chi connectivity index (χ4v) is 2.48. The lowest BCUT2D eigenvalue weighted by Gasteiger charge is -2.16. The number of aliphatic hydroxyl groups is 1. The van der Waals surface area contributed by atoms with Gasteiger partial charge >= 0.3 is 0 Å². The van der Waals surface area contributed by atoms with Crippen molar-refractivity contribution in [2.45, 2.75) is 12.1 Å². The maximum atomic E-state index is 10.2. The second-order valence-corrected chi connectivity index (χ2v) is 5.06. The first-order chi connectivity index (χ1) is 10.3. The Morgan fingerprint density at radius 3 is 2.76 bits per heavy atom. The number of nitriles is 1. The quantitative estimate of drug-likeness (QED) is 0.902. The summed E-state index contributed by atoms with van der Waals surface area (Å²) in [5.74, 6) is 0.905. The number of hydrogen-bond acceptors (Lipinski definition) is 4. The van der Waals surface area contributed by atoms with Gasteiger partial charge in [-0.15, -0.1) is 0 Å². The number of para-hydroxylation sites is 1. The van der Waals surface area contributed by atoms with Crippen LogP contribution in [0.5, 0.6) is 5.75 Å². The molecule has 1 aliphatic heterocycles. The Hall–Kier alpha value is -2.35. The van der Waals surface area contributed by atoms with E-state index in [1.54, 1.807) is 24.3 Å². The zero-order valence-corrected chi connectivity index (χ0v) is 11.5. The maximum Gasteiger partial charge on any atom is 0.124 e. The summed E-state index contributed by atoms with van der Waals surface area (Å²) in [5, 5.41) is 22.3. The standard InChI is InChI=1S/C17H16N2O2/c18-9-12-5-7-13(8-6-12)16(20)10-19-15-11-21-17-4-2-1-3-14(15)17/h1-8,15-16,19-20H,10-11H2. The molecule has 106 valence electrons. The van der Waals surface area contributed by atoms with Crippen LogP contribution in [0.4, 0.5) is 0 Å². The predicted molar refractivity (Wildman–Crippen MR) is 78.8 cm³/mol. The average molecular weight is 280 g/mol. The topological polar surface area (TPSA) is 65.3 Å². The number of benzene rings is 2. The van der Waals surface area contributed by atoms with Gasteiger partial charge in [0.05, 0.1) is 23.8 Å². The Labute approximate surface area is 123 Å². The maximum absolute atomic E-state index is 10.2. The summed E-state index contributed by atoms with van der Waals surface area (Å²) < 4.78 is 5.60. The summed E-state index contributed by atoms with van der Waals surface area (Å²) in [6, 6.07) is 17.1. The minimum absolute atomic E-state index is 0.106. The monoisotopic (exact) mass is 280 g/mol. The van der Waals surface area contributed by atoms with Gasteiger partial charge in [-0.3, -0.25) is 0 Å². The first-order valence-corrected chi connectivity index (χ1v) is 6.91. The predicted octanol–water partition coefficient (Wildman–Crippen LogP) is 2.31. The van der Waals surface area contributed by atoms with Gasteiger partial charge in [0.1, 0.15) is 12.4 Å². The Balaban J connectivity index is 1.61. The highest BCUT2D eigenvalue weighted by Crippen LogP contribution is 2.31. The van der Waals surface area contributed by atoms with Crippen LogP contribution >= 0.6 is 0 Å². The van der Waals surface area contributed by atoms with E-state index in [2.05, 4.69) is 11.4 Å². The molecular weight excluding hydrogens is 264 g/mol. The second-order valence-electron chi connectivity index (χ2n) is 5.06. The lowest BCUT2D eigenvalue weighted by Crippen LogP contribution is -2.27. The minimum Gasteiger partial charge on any atom is -0.491 e. The van der Waals surface area contributed by atoms with Gasteiger partial charge in [0.15, 0.2) is 0 Å². The van der Waals surface area contributed by atoms with Crippen molar-refractivity contribution in [3.63, 3.8) is 0 Å². The van der Waals surface area contributed by atoms with Crippen molar-refractivity contribution in [2.75, 3.05) is 13.2 Å². The van der Waals surface area contributed by atoms with Crippen molar-refractivity contribution in [3.05, 3.63) is 65.2 Å². The summed E-state index contributed by atoms with van der Waals surface area (Å²) in [6.07, 6.45) is -0.606. The number of nitrogens with one attached hydrogen (secondary N) is 1. The molecule has 21 heavy (non-hydrogen) atoms. The molecule has 0 saturated carbocycles. The SMILES string of the molecule is N#Cc1ccc(C(O)CNC2COc3ccccc32)cc1. The van der Waals surface area contributed by atoms with E-state index in [0.717, 1.165) is 16.9 Å². The van der Waals surface area contributed by atoms with Crippen LogP contribution in [0.25, 0.3) is 0 Å². The lowest BCUT2D eigenvalue weighted by molar-refractivity contribution is 0.166. The highest BCUT2D eigenvalue weighted by molar-refractivity contribution is 5.39. The molecular formula is C17H16N2O2. The third-order valence-electron chi connectivity index (χ3n) is 3.68. The van der Waals surface area contributed by atoms with E-state index >= 15 is 0 Å². The zero-order chi connectivity index (χ0) is 14.7. The van der Waals surface area contributed by atoms with Crippen LogP contribution in [0, 0.1) is 11.3 Å². The van der Waals surface area contributed by atoms with E-state index in [1.807, 2.05) is 24.3 Å². The van der Waals surface area contributed by atoms with Crippen LogP contribution in [0.15, 0.2) is 48.5 Å². The van der Waals surface area contributed by atoms with Gasteiger partial charge in [0.2, 0.25) is 0 Å². The molecule has 4 heteroatoms. The van der Waals surface area contributed by atoms with E-state index in [-0.39, 0.29) is 6.04 Å². The molecule has 0 aliphatic carbocycles. The van der Waals surface area contributed by atoms with Crippen molar-refractivity contribution in [1.29, 1.82) is 5.26 Å². The molecule has 4 nitrogen and oxygen atoms in total. The van der Waals surface area contributed by atoms with E-state index in [0.29, 0.717) is 18.7 Å². The first kappa shape index (κ1) is 13.6. The van der Waals surface area contributed by atoms with Gasteiger partial charge in [-0.05, 0) is 23.8 Å². The average Bonchev–Trinajstić information content (AvgIpc) is 2.96. The number of aliphatic hydroxyl groups excluding tert-OH is 1. The van der Waals surface area contributed by atoms with Gasteiger partial charge in [0, 0.05) is 12.1 Å². The van der Waals surface area contributed by atoms with Crippen molar-refractivity contribution < 1.29 is 9.84 Å². The third-order valence-corrected chi connectivity index (χ3v) is 3.68. The Bertz CT molecular complexity index is 661. The summed E-state index contributed by atoms with van der Waals surface area (Å²) in [6.45, 7) is 1.02. The highest BCUT2D eigenvalue weighted by atomic mass is 16.5. The Morgan fingerprint density at radius 1 is 1.24 bits per heavy atom. The van der Waals surface area contributed by atoms with Crippen molar-refractivity contribution in [1.82, 2.24) is 5.32 Å². The second kappa shape index (κ2) is 5.96. The van der Waals surface area contributed by atoms with Crippen LogP contribution < -0.4 is 10.1 Å². The number of hydrogen-bond donors (Lipinski definition) is 2. The molecule has 0 aromatic heterocycles. The summed E-state index contributed by atoms with van der Waals surface area (Å²) in [5.41, 5.74) is 2.52. The molecule has 1 heterocycles. The molecule has 2 atom stereocenters. The molecule has 1 aliphatic rings. The summed E-state index contributed by atoms with van der Waals surface area (Å²) >= 11 is 0. The molecule has 0 radical (unpaired) electrons. The molecule has 2 aromatic carbocycles. The molecule has 0 fully saturated rings. The molecule has 2 unspecified atom stereocenters. The molecule has 2 aromatic rings. The molecule has 0 saturated heterocycles. The summed E-state index contributed by atoms with van der Waals surface area (Å²) in [7, 11) is 0. The van der Waals surface area contributed by atoms with Crippen LogP contribution in [0.3, 0.4) is 0 Å². The fourth-order valence-electron chi connectivity index (χ4n) is 2.48. The van der Waals surface area contributed by atoms with E-state index in [1.165, 1.54) is 0 Å². The van der Waals surface area contributed by atoms with Crippen LogP contribution in [-0.4, -0.2) is 18.3 Å². The molecule has 0 amide bonds. The summed E-state index contributed by atoms with van der Waals surface area (Å²) in [4.78, 5) is 0. The zero-order valence-electron chi connectivity index (χ0n) is 11.5. The van der Waals surface area contributed by atoms with Gasteiger partial charge in [-0.1, -0.05) is 30.3 Å². The lowest BCUT2D eigenvalue weighted by atomic mass is 10.1.